The Morgan fingerprint density at radius 2 is 1.56 bits per heavy atom. The molecule has 2 aromatic rings. The summed E-state index contributed by atoms with van der Waals surface area (Å²) in [5, 5.41) is 8.23. The van der Waals surface area contributed by atoms with Crippen LogP contribution in [0.5, 0.6) is 5.75 Å². The molecule has 4 N–H and O–H groups in total. The Hall–Kier alpha value is -2.56. The van der Waals surface area contributed by atoms with E-state index in [0.717, 1.165) is 5.69 Å². The molecular weight excluding hydrogens is 228 g/mol. The predicted octanol–water partition coefficient (Wildman–Crippen LogP) is 3.28. The highest BCUT2D eigenvalue weighted by Crippen LogP contribution is 2.30. The third-order valence-electron chi connectivity index (χ3n) is 2.37. The first-order valence-electron chi connectivity index (χ1n) is 5.40. The number of nitrogens with zero attached hydrogens (tertiary/aromatic N) is 2. The quantitative estimate of drug-likeness (QED) is 0.639. The summed E-state index contributed by atoms with van der Waals surface area (Å²) in [7, 11) is 1.57. The number of hydrogen-bond acceptors (Lipinski definition) is 5. The first-order chi connectivity index (χ1) is 8.69. The molecule has 0 heterocycles. The van der Waals surface area contributed by atoms with Crippen molar-refractivity contribution in [1.29, 1.82) is 0 Å². The number of nitrogens with two attached hydrogens (primary N) is 2. The van der Waals surface area contributed by atoms with Crippen LogP contribution in [0, 0.1) is 0 Å². The number of methoxy groups -OCH3 is 1. The third kappa shape index (κ3) is 2.76. The lowest BCUT2D eigenvalue weighted by atomic mass is 10.2. The molecule has 0 aliphatic carbocycles. The van der Waals surface area contributed by atoms with Gasteiger partial charge in [-0.2, -0.15) is 5.11 Å². The van der Waals surface area contributed by atoms with Crippen LogP contribution < -0.4 is 16.2 Å². The SMILES string of the molecule is COc1cc(N)ccc1/N=N/c1ccc(N)cc1. The minimum atomic E-state index is 0.592. The molecule has 0 unspecified atom stereocenters. The number of rotatable bonds is 3. The second kappa shape index (κ2) is 5.18. The molecule has 18 heavy (non-hydrogen) atoms. The van der Waals surface area contributed by atoms with Gasteiger partial charge in [-0.1, -0.05) is 0 Å². The zero-order valence-corrected chi connectivity index (χ0v) is 10.00. The first kappa shape index (κ1) is 11.9. The van der Waals surface area contributed by atoms with Crippen LogP contribution in [0.4, 0.5) is 22.7 Å². The van der Waals surface area contributed by atoms with Crippen LogP contribution in [0.1, 0.15) is 0 Å². The van der Waals surface area contributed by atoms with Gasteiger partial charge in [0.2, 0.25) is 0 Å². The second-order valence-corrected chi connectivity index (χ2v) is 3.72. The number of anilines is 2. The molecule has 2 aromatic carbocycles. The van der Waals surface area contributed by atoms with Gasteiger partial charge in [-0.15, -0.1) is 5.11 Å². The molecule has 0 radical (unpaired) electrons. The van der Waals surface area contributed by atoms with Crippen molar-refractivity contribution in [2.75, 3.05) is 18.6 Å². The molecule has 2 rings (SSSR count). The molecule has 5 nitrogen and oxygen atoms in total. The number of hydrogen-bond donors (Lipinski definition) is 2. The van der Waals surface area contributed by atoms with E-state index < -0.39 is 0 Å². The van der Waals surface area contributed by atoms with Gasteiger partial charge in [0.15, 0.2) is 0 Å². The maximum absolute atomic E-state index is 5.66. The molecule has 0 aliphatic heterocycles. The molecule has 0 aromatic heterocycles. The molecule has 0 fully saturated rings. The second-order valence-electron chi connectivity index (χ2n) is 3.72. The number of azo groups is 1. The molecular formula is C13H14N4O. The van der Waals surface area contributed by atoms with E-state index in [1.54, 1.807) is 49.6 Å². The Bertz CT molecular complexity index is 564. The fraction of sp³-hybridized carbons (Fsp3) is 0.0769. The fourth-order valence-corrected chi connectivity index (χ4v) is 1.43. The summed E-state index contributed by atoms with van der Waals surface area (Å²) < 4.78 is 5.18. The molecule has 0 saturated heterocycles. The van der Waals surface area contributed by atoms with Gasteiger partial charge in [0, 0.05) is 17.4 Å². The highest BCUT2D eigenvalue weighted by Gasteiger charge is 2.01. The fourth-order valence-electron chi connectivity index (χ4n) is 1.43. The van der Waals surface area contributed by atoms with Gasteiger partial charge in [-0.25, -0.2) is 0 Å². The lowest BCUT2D eigenvalue weighted by Crippen LogP contribution is -1.87. The molecule has 0 atom stereocenters. The van der Waals surface area contributed by atoms with Gasteiger partial charge < -0.3 is 16.2 Å². The minimum Gasteiger partial charge on any atom is -0.494 e. The molecule has 5 heteroatoms. The standard InChI is InChI=1S/C13H14N4O/c1-18-13-8-10(15)4-7-12(13)17-16-11-5-2-9(14)3-6-11/h2-8H,14-15H2,1H3/b17-16+. The zero-order valence-electron chi connectivity index (χ0n) is 10.00. The van der Waals surface area contributed by atoms with E-state index in [0.29, 0.717) is 22.8 Å². The summed E-state index contributed by atoms with van der Waals surface area (Å²) in [5.74, 6) is 0.592. The van der Waals surface area contributed by atoms with Crippen LogP contribution in [0.2, 0.25) is 0 Å². The Labute approximate surface area is 105 Å². The number of benzene rings is 2. The summed E-state index contributed by atoms with van der Waals surface area (Å²) in [4.78, 5) is 0. The van der Waals surface area contributed by atoms with Gasteiger partial charge in [0.05, 0.1) is 12.8 Å². The highest BCUT2D eigenvalue weighted by atomic mass is 16.5. The summed E-state index contributed by atoms with van der Waals surface area (Å²) in [5.41, 5.74) is 13.9. The smallest absolute Gasteiger partial charge is 0.148 e. The van der Waals surface area contributed by atoms with Crippen molar-refractivity contribution in [3.8, 4) is 5.75 Å². The van der Waals surface area contributed by atoms with Crippen molar-refractivity contribution in [3.63, 3.8) is 0 Å². The van der Waals surface area contributed by atoms with Crippen molar-refractivity contribution in [2.45, 2.75) is 0 Å². The highest BCUT2D eigenvalue weighted by molar-refractivity contribution is 5.59. The monoisotopic (exact) mass is 242 g/mol. The van der Waals surface area contributed by atoms with E-state index in [9.17, 15) is 0 Å². The summed E-state index contributed by atoms with van der Waals surface area (Å²) in [6.07, 6.45) is 0. The lowest BCUT2D eigenvalue weighted by Gasteiger charge is -2.04. The Morgan fingerprint density at radius 1 is 0.889 bits per heavy atom. The molecule has 0 saturated carbocycles. The van der Waals surface area contributed by atoms with Crippen LogP contribution in [-0.2, 0) is 0 Å². The Morgan fingerprint density at radius 3 is 2.22 bits per heavy atom. The average molecular weight is 242 g/mol. The number of ether oxygens (including phenoxy) is 1. The van der Waals surface area contributed by atoms with Gasteiger partial charge >= 0.3 is 0 Å². The minimum absolute atomic E-state index is 0.592. The van der Waals surface area contributed by atoms with Gasteiger partial charge in [-0.3, -0.25) is 0 Å². The average Bonchev–Trinajstić information content (AvgIpc) is 2.39. The summed E-state index contributed by atoms with van der Waals surface area (Å²) >= 11 is 0. The molecule has 0 spiro atoms. The van der Waals surface area contributed by atoms with E-state index in [1.165, 1.54) is 0 Å². The van der Waals surface area contributed by atoms with E-state index in [1.807, 2.05) is 0 Å². The number of nitrogen functional groups attached to an aromatic ring is 2. The van der Waals surface area contributed by atoms with E-state index in [4.69, 9.17) is 16.2 Å². The third-order valence-corrected chi connectivity index (χ3v) is 2.37. The Balaban J connectivity index is 2.25. The van der Waals surface area contributed by atoms with Crippen molar-refractivity contribution < 1.29 is 4.74 Å². The predicted molar refractivity (Wildman–Crippen MR) is 72.4 cm³/mol. The van der Waals surface area contributed by atoms with Crippen LogP contribution in [0.25, 0.3) is 0 Å². The maximum atomic E-state index is 5.66. The molecule has 0 amide bonds. The summed E-state index contributed by atoms with van der Waals surface area (Å²) in [6.45, 7) is 0. The first-order valence-corrected chi connectivity index (χ1v) is 5.40. The van der Waals surface area contributed by atoms with Gasteiger partial charge in [0.25, 0.3) is 0 Å². The summed E-state index contributed by atoms with van der Waals surface area (Å²) in [6, 6.07) is 12.3. The maximum Gasteiger partial charge on any atom is 0.148 e. The molecule has 0 aliphatic rings. The zero-order chi connectivity index (χ0) is 13.0. The Kier molecular flexibility index (Phi) is 3.43. The van der Waals surface area contributed by atoms with E-state index in [-0.39, 0.29) is 0 Å². The van der Waals surface area contributed by atoms with Crippen LogP contribution in [0.15, 0.2) is 52.7 Å². The molecule has 92 valence electrons. The van der Waals surface area contributed by atoms with Crippen molar-refractivity contribution >= 4 is 22.7 Å². The van der Waals surface area contributed by atoms with Crippen molar-refractivity contribution in [1.82, 2.24) is 0 Å². The lowest BCUT2D eigenvalue weighted by molar-refractivity contribution is 0.416. The van der Waals surface area contributed by atoms with Gasteiger partial charge in [0.1, 0.15) is 11.4 Å². The van der Waals surface area contributed by atoms with Crippen LogP contribution >= 0.6 is 0 Å². The topological polar surface area (TPSA) is 86.0 Å². The van der Waals surface area contributed by atoms with Crippen LogP contribution in [0.3, 0.4) is 0 Å². The van der Waals surface area contributed by atoms with E-state index >= 15 is 0 Å². The normalized spacial score (nSPS) is 10.7. The van der Waals surface area contributed by atoms with Crippen LogP contribution in [-0.4, -0.2) is 7.11 Å². The van der Waals surface area contributed by atoms with E-state index in [2.05, 4.69) is 10.2 Å². The molecule has 0 bridgehead atoms. The van der Waals surface area contributed by atoms with Crippen molar-refractivity contribution in [2.24, 2.45) is 10.2 Å². The largest absolute Gasteiger partial charge is 0.494 e. The van der Waals surface area contributed by atoms with Crippen molar-refractivity contribution in [3.05, 3.63) is 42.5 Å². The van der Waals surface area contributed by atoms with Gasteiger partial charge in [-0.05, 0) is 36.4 Å².